The topological polar surface area (TPSA) is 46.5 Å². The van der Waals surface area contributed by atoms with Gasteiger partial charge in [0.25, 0.3) is 0 Å². The number of carbonyl (C=O) groups is 1. The van der Waals surface area contributed by atoms with E-state index in [1.54, 1.807) is 12.1 Å². The molecule has 5 heteroatoms. The highest BCUT2D eigenvalue weighted by atomic mass is 127. The number of hydrogen-bond donors (Lipinski definition) is 1. The third kappa shape index (κ3) is 4.06. The van der Waals surface area contributed by atoms with Crippen molar-refractivity contribution in [3.63, 3.8) is 0 Å². The largest absolute Gasteiger partial charge is 0.478 e. The molecule has 2 rings (SSSR count). The second-order valence-electron chi connectivity index (χ2n) is 3.92. The molecule has 2 aromatic rings. The van der Waals surface area contributed by atoms with Gasteiger partial charge in [-0.3, -0.25) is 0 Å². The Morgan fingerprint density at radius 2 is 2.00 bits per heavy atom. The van der Waals surface area contributed by atoms with Crippen LogP contribution in [0.3, 0.4) is 0 Å². The van der Waals surface area contributed by atoms with E-state index in [4.69, 9.17) is 9.84 Å². The van der Waals surface area contributed by atoms with Crippen molar-refractivity contribution in [1.29, 1.82) is 0 Å². The molecular weight excluding hydrogens is 374 g/mol. The fourth-order valence-electron chi connectivity index (χ4n) is 1.56. The van der Waals surface area contributed by atoms with Crippen LogP contribution in [-0.2, 0) is 4.79 Å². The number of carboxylic acid groups (broad SMARTS) is 1. The van der Waals surface area contributed by atoms with Crippen molar-refractivity contribution >= 4 is 34.6 Å². The first-order valence-corrected chi connectivity index (χ1v) is 6.76. The van der Waals surface area contributed by atoms with Gasteiger partial charge in [-0.2, -0.15) is 0 Å². The predicted octanol–water partition coefficient (Wildman–Crippen LogP) is 4.32. The van der Waals surface area contributed by atoms with E-state index in [2.05, 4.69) is 22.6 Å². The van der Waals surface area contributed by atoms with Crippen LogP contribution in [0.2, 0.25) is 0 Å². The van der Waals surface area contributed by atoms with E-state index in [9.17, 15) is 9.18 Å². The molecule has 20 heavy (non-hydrogen) atoms. The minimum atomic E-state index is -1.09. The summed E-state index contributed by atoms with van der Waals surface area (Å²) in [5.74, 6) is -0.640. The molecular formula is C15H10FIO3. The number of para-hydroxylation sites is 1. The van der Waals surface area contributed by atoms with Crippen molar-refractivity contribution in [3.8, 4) is 11.5 Å². The quantitative estimate of drug-likeness (QED) is 0.631. The summed E-state index contributed by atoms with van der Waals surface area (Å²) in [6.07, 6.45) is 2.26. The lowest BCUT2D eigenvalue weighted by Crippen LogP contribution is -1.90. The summed E-state index contributed by atoms with van der Waals surface area (Å²) < 4.78 is 20.0. The monoisotopic (exact) mass is 384 g/mol. The van der Waals surface area contributed by atoms with Crippen molar-refractivity contribution in [3.05, 3.63) is 63.5 Å². The lowest BCUT2D eigenvalue weighted by Gasteiger charge is -2.08. The Hall–Kier alpha value is -1.89. The van der Waals surface area contributed by atoms with Crippen molar-refractivity contribution in [1.82, 2.24) is 0 Å². The second-order valence-corrected chi connectivity index (χ2v) is 5.09. The highest BCUT2D eigenvalue weighted by molar-refractivity contribution is 14.1. The number of benzene rings is 2. The van der Waals surface area contributed by atoms with Crippen LogP contribution < -0.4 is 4.74 Å². The normalized spacial score (nSPS) is 10.7. The SMILES string of the molecule is O=C(O)/C=C/c1cc(F)cc(Oc2ccccc2I)c1. The Balaban J connectivity index is 2.29. The zero-order valence-electron chi connectivity index (χ0n) is 10.2. The minimum Gasteiger partial charge on any atom is -0.478 e. The fraction of sp³-hybridized carbons (Fsp3) is 0. The van der Waals surface area contributed by atoms with Gasteiger partial charge in [-0.05, 0) is 58.5 Å². The zero-order chi connectivity index (χ0) is 14.5. The van der Waals surface area contributed by atoms with Gasteiger partial charge in [-0.25, -0.2) is 9.18 Å². The third-order valence-corrected chi connectivity index (χ3v) is 3.27. The molecule has 0 amide bonds. The van der Waals surface area contributed by atoms with Crippen molar-refractivity contribution < 1.29 is 19.0 Å². The fourth-order valence-corrected chi connectivity index (χ4v) is 2.06. The van der Waals surface area contributed by atoms with E-state index in [-0.39, 0.29) is 0 Å². The minimum absolute atomic E-state index is 0.319. The van der Waals surface area contributed by atoms with Crippen LogP contribution in [0.5, 0.6) is 11.5 Å². The highest BCUT2D eigenvalue weighted by Gasteiger charge is 2.04. The van der Waals surface area contributed by atoms with Crippen LogP contribution in [0.15, 0.2) is 48.5 Å². The van der Waals surface area contributed by atoms with Crippen LogP contribution in [0.1, 0.15) is 5.56 Å². The van der Waals surface area contributed by atoms with E-state index in [1.165, 1.54) is 18.2 Å². The Bertz CT molecular complexity index is 668. The summed E-state index contributed by atoms with van der Waals surface area (Å²) in [5, 5.41) is 8.57. The molecule has 0 spiro atoms. The standard InChI is InChI=1S/C15H10FIO3/c16-11-7-10(5-6-15(18)19)8-12(9-11)20-14-4-2-1-3-13(14)17/h1-9H,(H,18,19)/b6-5+. The third-order valence-electron chi connectivity index (χ3n) is 2.38. The number of carboxylic acids is 1. The van der Waals surface area contributed by atoms with E-state index in [0.29, 0.717) is 17.1 Å². The van der Waals surface area contributed by atoms with E-state index in [1.807, 2.05) is 18.2 Å². The van der Waals surface area contributed by atoms with Gasteiger partial charge < -0.3 is 9.84 Å². The maximum Gasteiger partial charge on any atom is 0.328 e. The maximum absolute atomic E-state index is 13.5. The van der Waals surface area contributed by atoms with Crippen LogP contribution in [-0.4, -0.2) is 11.1 Å². The average Bonchev–Trinajstić information content (AvgIpc) is 2.38. The Morgan fingerprint density at radius 1 is 1.25 bits per heavy atom. The summed E-state index contributed by atoms with van der Waals surface area (Å²) in [6.45, 7) is 0. The van der Waals surface area contributed by atoms with Gasteiger partial charge in [0.2, 0.25) is 0 Å². The second kappa shape index (κ2) is 6.51. The summed E-state index contributed by atoms with van der Waals surface area (Å²) in [5.41, 5.74) is 0.424. The molecule has 0 bridgehead atoms. The zero-order valence-corrected chi connectivity index (χ0v) is 12.4. The molecule has 0 saturated carbocycles. The molecule has 0 heterocycles. The number of aliphatic carboxylic acids is 1. The summed E-state index contributed by atoms with van der Waals surface area (Å²) in [6, 6.07) is 11.4. The van der Waals surface area contributed by atoms with E-state index < -0.39 is 11.8 Å². The Morgan fingerprint density at radius 3 is 2.70 bits per heavy atom. The molecule has 0 atom stereocenters. The number of hydrogen-bond acceptors (Lipinski definition) is 2. The first-order valence-electron chi connectivity index (χ1n) is 5.68. The number of rotatable bonds is 4. The average molecular weight is 384 g/mol. The summed E-state index contributed by atoms with van der Waals surface area (Å²) >= 11 is 2.12. The molecule has 3 nitrogen and oxygen atoms in total. The van der Waals surface area contributed by atoms with Gasteiger partial charge in [0.15, 0.2) is 0 Å². The van der Waals surface area contributed by atoms with Crippen molar-refractivity contribution in [2.75, 3.05) is 0 Å². The lowest BCUT2D eigenvalue weighted by atomic mass is 10.2. The van der Waals surface area contributed by atoms with Crippen LogP contribution >= 0.6 is 22.6 Å². The first kappa shape index (κ1) is 14.5. The van der Waals surface area contributed by atoms with Gasteiger partial charge in [0.05, 0.1) is 3.57 Å². The summed E-state index contributed by atoms with van der Waals surface area (Å²) in [7, 11) is 0. The molecule has 0 saturated heterocycles. The first-order chi connectivity index (χ1) is 9.54. The van der Waals surface area contributed by atoms with Crippen molar-refractivity contribution in [2.24, 2.45) is 0 Å². The Kier molecular flexibility index (Phi) is 4.73. The van der Waals surface area contributed by atoms with E-state index in [0.717, 1.165) is 9.65 Å². The van der Waals surface area contributed by atoms with Crippen LogP contribution in [0.4, 0.5) is 4.39 Å². The molecule has 102 valence electrons. The number of halogens is 2. The molecule has 0 fully saturated rings. The summed E-state index contributed by atoms with van der Waals surface area (Å²) in [4.78, 5) is 10.5. The Labute approximate surface area is 128 Å². The van der Waals surface area contributed by atoms with Crippen LogP contribution in [0, 0.1) is 9.39 Å². The molecule has 0 unspecified atom stereocenters. The molecule has 0 aliphatic rings. The smallest absolute Gasteiger partial charge is 0.328 e. The lowest BCUT2D eigenvalue weighted by molar-refractivity contribution is -0.131. The van der Waals surface area contributed by atoms with Gasteiger partial charge in [0.1, 0.15) is 17.3 Å². The van der Waals surface area contributed by atoms with Crippen molar-refractivity contribution in [2.45, 2.75) is 0 Å². The van der Waals surface area contributed by atoms with Gasteiger partial charge >= 0.3 is 5.97 Å². The molecule has 0 aliphatic heterocycles. The molecule has 0 aromatic heterocycles. The highest BCUT2D eigenvalue weighted by Crippen LogP contribution is 2.27. The molecule has 1 N–H and O–H groups in total. The van der Waals surface area contributed by atoms with Gasteiger partial charge in [0, 0.05) is 12.1 Å². The van der Waals surface area contributed by atoms with Crippen LogP contribution in [0.25, 0.3) is 6.08 Å². The van der Waals surface area contributed by atoms with Gasteiger partial charge in [-0.15, -0.1) is 0 Å². The van der Waals surface area contributed by atoms with Gasteiger partial charge in [-0.1, -0.05) is 12.1 Å². The molecule has 0 radical (unpaired) electrons. The molecule has 0 aliphatic carbocycles. The molecule has 2 aromatic carbocycles. The predicted molar refractivity (Wildman–Crippen MR) is 82.3 cm³/mol. The maximum atomic E-state index is 13.5. The number of ether oxygens (including phenoxy) is 1. The van der Waals surface area contributed by atoms with E-state index >= 15 is 0 Å².